The third-order valence-electron chi connectivity index (χ3n) is 2.81. The molecule has 0 unspecified atom stereocenters. The normalized spacial score (nSPS) is 10.2. The second-order valence-electron chi connectivity index (χ2n) is 4.64. The highest BCUT2D eigenvalue weighted by Crippen LogP contribution is 2.11. The number of ether oxygens (including phenoxy) is 1. The Kier molecular flexibility index (Phi) is 5.65. The molecule has 7 heteroatoms. The van der Waals surface area contributed by atoms with Crippen LogP contribution in [0, 0.1) is 11.6 Å². The largest absolute Gasteiger partial charge is 0.452 e. The van der Waals surface area contributed by atoms with Crippen molar-refractivity contribution in [2.24, 2.45) is 0 Å². The van der Waals surface area contributed by atoms with Gasteiger partial charge in [0.05, 0.1) is 5.56 Å². The van der Waals surface area contributed by atoms with E-state index in [2.05, 4.69) is 5.32 Å². The Bertz CT molecular complexity index is 717. The van der Waals surface area contributed by atoms with Gasteiger partial charge in [0.1, 0.15) is 11.6 Å². The van der Waals surface area contributed by atoms with Gasteiger partial charge in [-0.1, -0.05) is 23.7 Å². The zero-order valence-corrected chi connectivity index (χ0v) is 12.6. The molecule has 23 heavy (non-hydrogen) atoms. The van der Waals surface area contributed by atoms with Crippen molar-refractivity contribution in [1.29, 1.82) is 0 Å². The van der Waals surface area contributed by atoms with Crippen LogP contribution in [-0.4, -0.2) is 18.5 Å². The average Bonchev–Trinajstić information content (AvgIpc) is 2.49. The summed E-state index contributed by atoms with van der Waals surface area (Å²) in [6.07, 6.45) is 0. The molecule has 2 aromatic rings. The van der Waals surface area contributed by atoms with Gasteiger partial charge in [0.2, 0.25) is 0 Å². The molecule has 1 N–H and O–H groups in total. The Hall–Kier alpha value is -2.47. The maximum atomic E-state index is 13.0. The van der Waals surface area contributed by atoms with Gasteiger partial charge >= 0.3 is 5.97 Å². The van der Waals surface area contributed by atoms with Crippen molar-refractivity contribution in [3.05, 3.63) is 70.2 Å². The molecule has 0 saturated heterocycles. The smallest absolute Gasteiger partial charge is 0.338 e. The van der Waals surface area contributed by atoms with Crippen LogP contribution in [-0.2, 0) is 16.1 Å². The van der Waals surface area contributed by atoms with E-state index in [9.17, 15) is 18.4 Å². The Morgan fingerprint density at radius 3 is 2.43 bits per heavy atom. The summed E-state index contributed by atoms with van der Waals surface area (Å²) in [5.74, 6) is -3.33. The van der Waals surface area contributed by atoms with Crippen LogP contribution in [0.5, 0.6) is 0 Å². The molecule has 0 fully saturated rings. The number of rotatable bonds is 5. The van der Waals surface area contributed by atoms with E-state index in [-0.39, 0.29) is 12.1 Å². The van der Waals surface area contributed by atoms with Crippen molar-refractivity contribution < 1.29 is 23.1 Å². The fourth-order valence-corrected chi connectivity index (χ4v) is 2.00. The maximum Gasteiger partial charge on any atom is 0.338 e. The second kappa shape index (κ2) is 7.69. The fourth-order valence-electron chi connectivity index (χ4n) is 1.78. The van der Waals surface area contributed by atoms with E-state index in [0.29, 0.717) is 11.1 Å². The molecule has 0 radical (unpaired) electrons. The van der Waals surface area contributed by atoms with Crippen molar-refractivity contribution in [2.45, 2.75) is 6.54 Å². The third-order valence-corrected chi connectivity index (χ3v) is 3.05. The summed E-state index contributed by atoms with van der Waals surface area (Å²) in [7, 11) is 0. The molecule has 0 bridgehead atoms. The molecule has 0 spiro atoms. The molecule has 1 amide bonds. The molecule has 120 valence electrons. The van der Waals surface area contributed by atoms with Crippen LogP contribution in [0.3, 0.4) is 0 Å². The van der Waals surface area contributed by atoms with Crippen LogP contribution < -0.4 is 5.32 Å². The molecular formula is C16H12ClF2NO3. The summed E-state index contributed by atoms with van der Waals surface area (Å²) in [4.78, 5) is 23.2. The molecule has 0 aromatic heterocycles. The standard InChI is InChI=1S/C16H12ClF2NO3/c17-12-3-1-2-10(4-12)8-20-15(21)9-23-16(22)11-5-13(18)7-14(19)6-11/h1-7H,8-9H2,(H,20,21). The number of esters is 1. The quantitative estimate of drug-likeness (QED) is 0.852. The Morgan fingerprint density at radius 1 is 1.09 bits per heavy atom. The summed E-state index contributed by atoms with van der Waals surface area (Å²) >= 11 is 5.81. The molecule has 0 heterocycles. The van der Waals surface area contributed by atoms with E-state index >= 15 is 0 Å². The van der Waals surface area contributed by atoms with E-state index in [4.69, 9.17) is 16.3 Å². The SMILES string of the molecule is O=C(COC(=O)c1cc(F)cc(F)c1)NCc1cccc(Cl)c1. The number of hydrogen-bond donors (Lipinski definition) is 1. The topological polar surface area (TPSA) is 55.4 Å². The number of carbonyl (C=O) groups is 2. The average molecular weight is 340 g/mol. The molecule has 0 aliphatic carbocycles. The summed E-state index contributed by atoms with van der Waals surface area (Å²) in [5.41, 5.74) is 0.481. The predicted octanol–water partition coefficient (Wildman–Crippen LogP) is 3.09. The van der Waals surface area contributed by atoms with Gasteiger partial charge in [0, 0.05) is 17.6 Å². The van der Waals surface area contributed by atoms with E-state index in [1.54, 1.807) is 24.3 Å². The number of benzene rings is 2. The predicted molar refractivity (Wildman–Crippen MR) is 79.9 cm³/mol. The zero-order chi connectivity index (χ0) is 16.8. The third kappa shape index (κ3) is 5.34. The summed E-state index contributed by atoms with van der Waals surface area (Å²) in [6, 6.07) is 9.19. The minimum Gasteiger partial charge on any atom is -0.452 e. The molecule has 2 rings (SSSR count). The van der Waals surface area contributed by atoms with E-state index in [1.165, 1.54) is 0 Å². The lowest BCUT2D eigenvalue weighted by atomic mass is 10.2. The van der Waals surface area contributed by atoms with Crippen molar-refractivity contribution in [1.82, 2.24) is 5.32 Å². The number of amides is 1. The second-order valence-corrected chi connectivity index (χ2v) is 5.08. The molecule has 2 aromatic carbocycles. The molecule has 0 saturated carbocycles. The molecule has 0 aliphatic rings. The van der Waals surface area contributed by atoms with Crippen molar-refractivity contribution >= 4 is 23.5 Å². The monoisotopic (exact) mass is 339 g/mol. The Labute approximate surface area is 136 Å². The number of halogens is 3. The van der Waals surface area contributed by atoms with Gasteiger partial charge in [-0.15, -0.1) is 0 Å². The van der Waals surface area contributed by atoms with Crippen LogP contribution in [0.2, 0.25) is 5.02 Å². The lowest BCUT2D eigenvalue weighted by Crippen LogP contribution is -2.28. The van der Waals surface area contributed by atoms with Gasteiger partial charge < -0.3 is 10.1 Å². The number of nitrogens with one attached hydrogen (secondary N) is 1. The van der Waals surface area contributed by atoms with Crippen LogP contribution in [0.15, 0.2) is 42.5 Å². The highest BCUT2D eigenvalue weighted by molar-refractivity contribution is 6.30. The van der Waals surface area contributed by atoms with Gasteiger partial charge in [-0.3, -0.25) is 4.79 Å². The maximum absolute atomic E-state index is 13.0. The minimum absolute atomic E-state index is 0.214. The van der Waals surface area contributed by atoms with E-state index in [1.807, 2.05) is 0 Å². The van der Waals surface area contributed by atoms with Crippen LogP contribution in [0.25, 0.3) is 0 Å². The molecule has 4 nitrogen and oxygen atoms in total. The van der Waals surface area contributed by atoms with Gasteiger partial charge in [-0.05, 0) is 29.8 Å². The summed E-state index contributed by atoms with van der Waals surface area (Å²) in [5, 5.41) is 3.07. The first-order chi connectivity index (χ1) is 10.9. The lowest BCUT2D eigenvalue weighted by molar-refractivity contribution is -0.124. The Balaban J connectivity index is 1.83. The van der Waals surface area contributed by atoms with Gasteiger partial charge in [0.25, 0.3) is 5.91 Å². The van der Waals surface area contributed by atoms with Crippen molar-refractivity contribution in [3.63, 3.8) is 0 Å². The van der Waals surface area contributed by atoms with Gasteiger partial charge in [0.15, 0.2) is 6.61 Å². The van der Waals surface area contributed by atoms with Crippen LogP contribution in [0.1, 0.15) is 15.9 Å². The highest BCUT2D eigenvalue weighted by atomic mass is 35.5. The molecule has 0 aliphatic heterocycles. The number of carbonyl (C=O) groups excluding carboxylic acids is 2. The van der Waals surface area contributed by atoms with E-state index in [0.717, 1.165) is 17.7 Å². The lowest BCUT2D eigenvalue weighted by Gasteiger charge is -2.07. The summed E-state index contributed by atoms with van der Waals surface area (Å²) in [6.45, 7) is -0.344. The Morgan fingerprint density at radius 2 is 1.78 bits per heavy atom. The highest BCUT2D eigenvalue weighted by Gasteiger charge is 2.12. The first-order valence-electron chi connectivity index (χ1n) is 6.58. The van der Waals surface area contributed by atoms with Gasteiger partial charge in [-0.2, -0.15) is 0 Å². The fraction of sp³-hybridized carbons (Fsp3) is 0.125. The molecular weight excluding hydrogens is 328 g/mol. The van der Waals surface area contributed by atoms with E-state index < -0.39 is 30.1 Å². The molecule has 0 atom stereocenters. The minimum atomic E-state index is -0.985. The van der Waals surface area contributed by atoms with Crippen molar-refractivity contribution in [2.75, 3.05) is 6.61 Å². The van der Waals surface area contributed by atoms with Crippen molar-refractivity contribution in [3.8, 4) is 0 Å². The summed E-state index contributed by atoms with van der Waals surface area (Å²) < 4.78 is 30.7. The van der Waals surface area contributed by atoms with Crippen LogP contribution >= 0.6 is 11.6 Å². The first kappa shape index (κ1) is 16.9. The zero-order valence-electron chi connectivity index (χ0n) is 11.8. The number of hydrogen-bond acceptors (Lipinski definition) is 3. The first-order valence-corrected chi connectivity index (χ1v) is 6.96. The van der Waals surface area contributed by atoms with Gasteiger partial charge in [-0.25, -0.2) is 13.6 Å². The van der Waals surface area contributed by atoms with Crippen LogP contribution in [0.4, 0.5) is 8.78 Å².